The van der Waals surface area contributed by atoms with E-state index < -0.39 is 31.0 Å². The van der Waals surface area contributed by atoms with Crippen LogP contribution in [0.3, 0.4) is 0 Å². The first-order chi connectivity index (χ1) is 6.70. The summed E-state index contributed by atoms with van der Waals surface area (Å²) in [6.07, 6.45) is -6.05. The highest BCUT2D eigenvalue weighted by Gasteiger charge is 2.29. The van der Waals surface area contributed by atoms with Crippen LogP contribution in [0.4, 0.5) is 18.0 Å². The topological polar surface area (TPSA) is 58.6 Å². The molecule has 2 unspecified atom stereocenters. The van der Waals surface area contributed by atoms with Crippen molar-refractivity contribution in [3.63, 3.8) is 0 Å². The van der Waals surface area contributed by atoms with E-state index in [2.05, 4.69) is 10.1 Å². The van der Waals surface area contributed by atoms with E-state index in [1.165, 1.54) is 6.92 Å². The minimum atomic E-state index is -4.52. The van der Waals surface area contributed by atoms with Crippen molar-refractivity contribution in [1.82, 2.24) is 5.32 Å². The lowest BCUT2D eigenvalue weighted by molar-refractivity contribution is -0.160. The zero-order chi connectivity index (χ0) is 12.1. The SMILES string of the molecule is CC(O)CC(C)NC(=O)OCC(F)(F)F. The van der Waals surface area contributed by atoms with Crippen LogP contribution in [-0.4, -0.2) is 36.1 Å². The monoisotopic (exact) mass is 229 g/mol. The molecule has 0 aromatic carbocycles. The summed E-state index contributed by atoms with van der Waals surface area (Å²) in [5.74, 6) is 0. The molecule has 0 aliphatic rings. The molecule has 2 atom stereocenters. The van der Waals surface area contributed by atoms with Crippen LogP contribution < -0.4 is 5.32 Å². The first kappa shape index (κ1) is 14.0. The third kappa shape index (κ3) is 9.33. The zero-order valence-electron chi connectivity index (χ0n) is 8.47. The van der Waals surface area contributed by atoms with E-state index in [-0.39, 0.29) is 6.42 Å². The van der Waals surface area contributed by atoms with Crippen LogP contribution in [0, 0.1) is 0 Å². The fourth-order valence-electron chi connectivity index (χ4n) is 0.961. The molecule has 0 saturated carbocycles. The van der Waals surface area contributed by atoms with Gasteiger partial charge in [0, 0.05) is 6.04 Å². The predicted octanol–water partition coefficient (Wildman–Crippen LogP) is 1.43. The molecule has 1 amide bonds. The number of ether oxygens (including phenoxy) is 1. The van der Waals surface area contributed by atoms with Gasteiger partial charge in [-0.15, -0.1) is 0 Å². The number of alkyl halides is 3. The molecule has 0 heterocycles. The maximum atomic E-state index is 11.6. The Balaban J connectivity index is 3.74. The maximum Gasteiger partial charge on any atom is 0.422 e. The molecule has 0 bridgehead atoms. The van der Waals surface area contributed by atoms with Gasteiger partial charge < -0.3 is 15.2 Å². The summed E-state index contributed by atoms with van der Waals surface area (Å²) < 4.78 is 38.8. The minimum Gasteiger partial charge on any atom is -0.440 e. The Morgan fingerprint density at radius 3 is 2.40 bits per heavy atom. The number of amides is 1. The van der Waals surface area contributed by atoms with E-state index in [1.54, 1.807) is 6.92 Å². The van der Waals surface area contributed by atoms with Crippen molar-refractivity contribution in [3.8, 4) is 0 Å². The Morgan fingerprint density at radius 2 is 2.00 bits per heavy atom. The molecule has 0 aromatic rings. The van der Waals surface area contributed by atoms with Crippen molar-refractivity contribution in [1.29, 1.82) is 0 Å². The van der Waals surface area contributed by atoms with Crippen molar-refractivity contribution in [2.45, 2.75) is 38.6 Å². The molecular weight excluding hydrogens is 215 g/mol. The van der Waals surface area contributed by atoms with Crippen molar-refractivity contribution in [2.24, 2.45) is 0 Å². The second kappa shape index (κ2) is 5.79. The van der Waals surface area contributed by atoms with Gasteiger partial charge in [0.25, 0.3) is 0 Å². The fourth-order valence-corrected chi connectivity index (χ4v) is 0.961. The minimum absolute atomic E-state index is 0.251. The van der Waals surface area contributed by atoms with Crippen molar-refractivity contribution >= 4 is 6.09 Å². The third-order valence-electron chi connectivity index (χ3n) is 1.43. The van der Waals surface area contributed by atoms with E-state index in [0.29, 0.717) is 0 Å². The van der Waals surface area contributed by atoms with E-state index in [1.807, 2.05) is 0 Å². The van der Waals surface area contributed by atoms with Gasteiger partial charge in [0.2, 0.25) is 0 Å². The molecular formula is C8H14F3NO3. The Hall–Kier alpha value is -0.980. The Kier molecular flexibility index (Phi) is 5.41. The number of rotatable bonds is 4. The third-order valence-corrected chi connectivity index (χ3v) is 1.43. The van der Waals surface area contributed by atoms with Crippen molar-refractivity contribution in [2.75, 3.05) is 6.61 Å². The number of halogens is 3. The molecule has 4 nitrogen and oxygen atoms in total. The molecule has 0 aliphatic carbocycles. The van der Waals surface area contributed by atoms with E-state index in [9.17, 15) is 18.0 Å². The van der Waals surface area contributed by atoms with Gasteiger partial charge in [-0.25, -0.2) is 4.79 Å². The molecule has 7 heteroatoms. The first-order valence-corrected chi connectivity index (χ1v) is 4.39. The fraction of sp³-hybridized carbons (Fsp3) is 0.875. The van der Waals surface area contributed by atoms with E-state index in [4.69, 9.17) is 5.11 Å². The highest BCUT2D eigenvalue weighted by molar-refractivity contribution is 5.67. The highest BCUT2D eigenvalue weighted by Crippen LogP contribution is 2.14. The quantitative estimate of drug-likeness (QED) is 0.766. The Labute approximate surface area is 85.4 Å². The lowest BCUT2D eigenvalue weighted by Crippen LogP contribution is -2.36. The summed E-state index contributed by atoms with van der Waals surface area (Å²) in [6.45, 7) is 1.46. The molecule has 0 saturated heterocycles. The summed E-state index contributed by atoms with van der Waals surface area (Å²) in [6, 6.07) is -0.439. The number of aliphatic hydroxyl groups is 1. The Bertz CT molecular complexity index is 206. The van der Waals surface area contributed by atoms with E-state index >= 15 is 0 Å². The smallest absolute Gasteiger partial charge is 0.422 e. The molecule has 15 heavy (non-hydrogen) atoms. The second-order valence-electron chi connectivity index (χ2n) is 3.32. The number of nitrogens with one attached hydrogen (secondary N) is 1. The van der Waals surface area contributed by atoms with Gasteiger partial charge in [0.05, 0.1) is 6.10 Å². The predicted molar refractivity (Wildman–Crippen MR) is 46.3 cm³/mol. The van der Waals surface area contributed by atoms with Gasteiger partial charge in [-0.3, -0.25) is 0 Å². The van der Waals surface area contributed by atoms with Crippen LogP contribution >= 0.6 is 0 Å². The van der Waals surface area contributed by atoms with E-state index in [0.717, 1.165) is 0 Å². The average Bonchev–Trinajstić information content (AvgIpc) is 1.97. The second-order valence-corrected chi connectivity index (χ2v) is 3.32. The number of alkyl carbamates (subject to hydrolysis) is 1. The van der Waals surface area contributed by atoms with Crippen LogP contribution in [0.5, 0.6) is 0 Å². The molecule has 0 aromatic heterocycles. The molecule has 0 rings (SSSR count). The normalized spacial score (nSPS) is 15.6. The maximum absolute atomic E-state index is 11.6. The molecule has 90 valence electrons. The van der Waals surface area contributed by atoms with Crippen LogP contribution in [0.1, 0.15) is 20.3 Å². The lowest BCUT2D eigenvalue weighted by atomic mass is 10.2. The van der Waals surface area contributed by atoms with Crippen LogP contribution in [0.15, 0.2) is 0 Å². The van der Waals surface area contributed by atoms with Crippen LogP contribution in [0.2, 0.25) is 0 Å². The van der Waals surface area contributed by atoms with Gasteiger partial charge in [-0.05, 0) is 20.3 Å². The Morgan fingerprint density at radius 1 is 1.47 bits per heavy atom. The average molecular weight is 229 g/mol. The van der Waals surface area contributed by atoms with Crippen LogP contribution in [0.25, 0.3) is 0 Å². The summed E-state index contributed by atoms with van der Waals surface area (Å²) in [7, 11) is 0. The lowest BCUT2D eigenvalue weighted by Gasteiger charge is -2.15. The van der Waals surface area contributed by atoms with Crippen LogP contribution in [-0.2, 0) is 4.74 Å². The zero-order valence-corrected chi connectivity index (χ0v) is 8.47. The summed E-state index contributed by atoms with van der Waals surface area (Å²) in [5.41, 5.74) is 0. The van der Waals surface area contributed by atoms with Crippen molar-refractivity contribution in [3.05, 3.63) is 0 Å². The first-order valence-electron chi connectivity index (χ1n) is 4.39. The van der Waals surface area contributed by atoms with Gasteiger partial charge in [0.15, 0.2) is 6.61 Å². The van der Waals surface area contributed by atoms with Gasteiger partial charge >= 0.3 is 12.3 Å². The number of carbonyl (C=O) groups excluding carboxylic acids is 1. The number of hydrogen-bond acceptors (Lipinski definition) is 3. The molecule has 0 spiro atoms. The highest BCUT2D eigenvalue weighted by atomic mass is 19.4. The largest absolute Gasteiger partial charge is 0.440 e. The molecule has 0 radical (unpaired) electrons. The van der Waals surface area contributed by atoms with Gasteiger partial charge in [-0.2, -0.15) is 13.2 Å². The van der Waals surface area contributed by atoms with Gasteiger partial charge in [-0.1, -0.05) is 0 Å². The standard InChI is InChI=1S/C8H14F3NO3/c1-5(3-6(2)13)12-7(14)15-4-8(9,10)11/h5-6,13H,3-4H2,1-2H3,(H,12,14). The number of carbonyl (C=O) groups is 1. The molecule has 0 fully saturated rings. The van der Waals surface area contributed by atoms with Crippen molar-refractivity contribution < 1.29 is 27.8 Å². The number of aliphatic hydroxyl groups excluding tert-OH is 1. The molecule has 2 N–H and O–H groups in total. The van der Waals surface area contributed by atoms with Gasteiger partial charge in [0.1, 0.15) is 0 Å². The summed E-state index contributed by atoms with van der Waals surface area (Å²) in [5, 5.41) is 11.1. The summed E-state index contributed by atoms with van der Waals surface area (Å²) in [4.78, 5) is 10.8. The molecule has 0 aliphatic heterocycles. The number of hydrogen-bond donors (Lipinski definition) is 2. The summed E-state index contributed by atoms with van der Waals surface area (Å²) >= 11 is 0.